The van der Waals surface area contributed by atoms with Crippen molar-refractivity contribution < 1.29 is 0 Å². The van der Waals surface area contributed by atoms with Gasteiger partial charge in [-0.05, 0) is 6.42 Å². The molecule has 1 heteroatoms. The van der Waals surface area contributed by atoms with Gasteiger partial charge >= 0.3 is 0 Å². The maximum Gasteiger partial charge on any atom is 0.0433 e. The first-order valence-electron chi connectivity index (χ1n) is 2.14. The van der Waals surface area contributed by atoms with E-state index in [0.717, 1.165) is 12.0 Å². The van der Waals surface area contributed by atoms with E-state index in [9.17, 15) is 0 Å². The van der Waals surface area contributed by atoms with Gasteiger partial charge in [0, 0.05) is 5.88 Å². The molecule has 0 aliphatic rings. The van der Waals surface area contributed by atoms with E-state index in [-0.39, 0.29) is 0 Å². The van der Waals surface area contributed by atoms with Crippen molar-refractivity contribution in [3.05, 3.63) is 24.8 Å². The third kappa shape index (κ3) is 3.60. The first kappa shape index (κ1) is 6.77. The summed E-state index contributed by atoms with van der Waals surface area (Å²) in [6, 6.07) is 0. The number of allylic oxidation sites excluding steroid dienone is 2. The van der Waals surface area contributed by atoms with Gasteiger partial charge in [0.2, 0.25) is 0 Å². The van der Waals surface area contributed by atoms with E-state index in [2.05, 4.69) is 13.2 Å². The Hall–Kier alpha value is -0.230. The zero-order valence-corrected chi connectivity index (χ0v) is 5.04. The maximum absolute atomic E-state index is 5.38. The topological polar surface area (TPSA) is 0 Å². The van der Waals surface area contributed by atoms with Crippen molar-refractivity contribution in [2.24, 2.45) is 0 Å². The lowest BCUT2D eigenvalue weighted by molar-refractivity contribution is 1.24. The average Bonchev–Trinajstić information content (AvgIpc) is 1.68. The Balaban J connectivity index is 3.17. The van der Waals surface area contributed by atoms with Crippen molar-refractivity contribution in [1.29, 1.82) is 0 Å². The van der Waals surface area contributed by atoms with Crippen LogP contribution in [0.5, 0.6) is 0 Å². The molecule has 0 aromatic carbocycles. The van der Waals surface area contributed by atoms with Crippen molar-refractivity contribution >= 4 is 11.6 Å². The summed E-state index contributed by atoms with van der Waals surface area (Å²) in [5.74, 6) is 0.548. The number of rotatable bonds is 3. The fourth-order valence-corrected chi connectivity index (χ4v) is 0.368. The van der Waals surface area contributed by atoms with Crippen LogP contribution < -0.4 is 0 Å². The van der Waals surface area contributed by atoms with Crippen molar-refractivity contribution in [3.63, 3.8) is 0 Å². The summed E-state index contributed by atoms with van der Waals surface area (Å²) in [5.41, 5.74) is 1.02. The molecule has 40 valence electrons. The molecular formula is C6H9Cl. The minimum Gasteiger partial charge on any atom is -0.122 e. The van der Waals surface area contributed by atoms with Crippen LogP contribution in [0, 0.1) is 0 Å². The van der Waals surface area contributed by atoms with Crippen LogP contribution >= 0.6 is 11.6 Å². The predicted molar refractivity (Wildman–Crippen MR) is 34.7 cm³/mol. The van der Waals surface area contributed by atoms with Crippen molar-refractivity contribution in [2.75, 3.05) is 5.88 Å². The highest BCUT2D eigenvalue weighted by molar-refractivity contribution is 6.19. The van der Waals surface area contributed by atoms with Gasteiger partial charge in [-0.15, -0.1) is 18.2 Å². The fraction of sp³-hybridized carbons (Fsp3) is 0.333. The van der Waals surface area contributed by atoms with Crippen LogP contribution in [0.25, 0.3) is 0 Å². The van der Waals surface area contributed by atoms with Gasteiger partial charge in [0.05, 0.1) is 0 Å². The van der Waals surface area contributed by atoms with E-state index in [1.165, 1.54) is 0 Å². The van der Waals surface area contributed by atoms with Crippen molar-refractivity contribution in [1.82, 2.24) is 0 Å². The molecule has 0 nitrogen and oxygen atoms in total. The third-order valence-electron chi connectivity index (χ3n) is 0.622. The Bertz CT molecular complexity index is 74.2. The Kier molecular flexibility index (Phi) is 3.81. The van der Waals surface area contributed by atoms with Gasteiger partial charge < -0.3 is 0 Å². The number of halogens is 1. The second-order valence-electron chi connectivity index (χ2n) is 1.38. The zero-order chi connectivity index (χ0) is 5.70. The Morgan fingerprint density at radius 2 is 2.29 bits per heavy atom. The molecule has 0 aliphatic carbocycles. The van der Waals surface area contributed by atoms with Crippen molar-refractivity contribution in [3.8, 4) is 0 Å². The normalized spacial score (nSPS) is 8.14. The molecule has 0 bridgehead atoms. The third-order valence-corrected chi connectivity index (χ3v) is 1.000. The molecule has 0 fully saturated rings. The summed E-state index contributed by atoms with van der Waals surface area (Å²) in [6.07, 6.45) is 2.63. The monoisotopic (exact) mass is 116 g/mol. The molecular weight excluding hydrogens is 108 g/mol. The maximum atomic E-state index is 5.38. The van der Waals surface area contributed by atoms with E-state index in [1.54, 1.807) is 6.08 Å². The SMILES string of the molecule is C=CCC(=C)CCl. The molecule has 0 rings (SSSR count). The molecule has 0 amide bonds. The van der Waals surface area contributed by atoms with Gasteiger partial charge in [0.15, 0.2) is 0 Å². The molecule has 0 aliphatic heterocycles. The van der Waals surface area contributed by atoms with Gasteiger partial charge in [0.1, 0.15) is 0 Å². The highest BCUT2D eigenvalue weighted by Gasteiger charge is 1.82. The molecule has 0 heterocycles. The highest BCUT2D eigenvalue weighted by atomic mass is 35.5. The molecule has 0 radical (unpaired) electrons. The largest absolute Gasteiger partial charge is 0.122 e. The second-order valence-corrected chi connectivity index (χ2v) is 1.64. The summed E-state index contributed by atoms with van der Waals surface area (Å²) < 4.78 is 0. The Labute approximate surface area is 49.5 Å². The van der Waals surface area contributed by atoms with Crippen LogP contribution in [0.2, 0.25) is 0 Å². The predicted octanol–water partition coefficient (Wildman–Crippen LogP) is 2.36. The zero-order valence-electron chi connectivity index (χ0n) is 4.28. The Morgan fingerprint density at radius 1 is 1.71 bits per heavy atom. The van der Waals surface area contributed by atoms with Gasteiger partial charge in [0.25, 0.3) is 0 Å². The van der Waals surface area contributed by atoms with Gasteiger partial charge in [-0.3, -0.25) is 0 Å². The smallest absolute Gasteiger partial charge is 0.0433 e. The van der Waals surface area contributed by atoms with Crippen LogP contribution in [0.15, 0.2) is 24.8 Å². The van der Waals surface area contributed by atoms with Crippen LogP contribution in [-0.4, -0.2) is 5.88 Å². The molecule has 0 spiro atoms. The molecule has 0 N–H and O–H groups in total. The molecule has 0 aromatic heterocycles. The van der Waals surface area contributed by atoms with Crippen LogP contribution in [-0.2, 0) is 0 Å². The average molecular weight is 117 g/mol. The summed E-state index contributed by atoms with van der Waals surface area (Å²) in [4.78, 5) is 0. The minimum absolute atomic E-state index is 0.548. The molecule has 0 aromatic rings. The lowest BCUT2D eigenvalue weighted by Gasteiger charge is -1.89. The van der Waals surface area contributed by atoms with E-state index < -0.39 is 0 Å². The van der Waals surface area contributed by atoms with Crippen LogP contribution in [0.1, 0.15) is 6.42 Å². The minimum atomic E-state index is 0.548. The summed E-state index contributed by atoms with van der Waals surface area (Å²) in [6.45, 7) is 7.19. The lowest BCUT2D eigenvalue weighted by Crippen LogP contribution is -1.75. The first-order chi connectivity index (χ1) is 3.31. The van der Waals surface area contributed by atoms with Gasteiger partial charge in [-0.2, -0.15) is 0 Å². The van der Waals surface area contributed by atoms with Crippen LogP contribution in [0.3, 0.4) is 0 Å². The summed E-state index contributed by atoms with van der Waals surface area (Å²) >= 11 is 5.38. The van der Waals surface area contributed by atoms with Crippen LogP contribution in [0.4, 0.5) is 0 Å². The van der Waals surface area contributed by atoms with E-state index in [0.29, 0.717) is 5.88 Å². The molecule has 0 saturated carbocycles. The number of hydrogen-bond donors (Lipinski definition) is 0. The molecule has 0 unspecified atom stereocenters. The molecule has 0 atom stereocenters. The van der Waals surface area contributed by atoms with Crippen molar-refractivity contribution in [2.45, 2.75) is 6.42 Å². The number of alkyl halides is 1. The van der Waals surface area contributed by atoms with E-state index >= 15 is 0 Å². The highest BCUT2D eigenvalue weighted by Crippen LogP contribution is 1.98. The summed E-state index contributed by atoms with van der Waals surface area (Å²) in [7, 11) is 0. The lowest BCUT2D eigenvalue weighted by atomic mass is 10.2. The van der Waals surface area contributed by atoms with E-state index in [4.69, 9.17) is 11.6 Å². The standard InChI is InChI=1S/C6H9Cl/c1-3-4-6(2)5-7/h3H,1-2,4-5H2. The first-order valence-corrected chi connectivity index (χ1v) is 2.68. The quantitative estimate of drug-likeness (QED) is 0.392. The van der Waals surface area contributed by atoms with Gasteiger partial charge in [-0.25, -0.2) is 0 Å². The van der Waals surface area contributed by atoms with Gasteiger partial charge in [-0.1, -0.05) is 18.2 Å². The molecule has 7 heavy (non-hydrogen) atoms. The summed E-state index contributed by atoms with van der Waals surface area (Å²) in [5, 5.41) is 0. The van der Waals surface area contributed by atoms with E-state index in [1.807, 2.05) is 0 Å². The fourth-order valence-electron chi connectivity index (χ4n) is 0.259. The number of hydrogen-bond acceptors (Lipinski definition) is 0. The second kappa shape index (κ2) is 3.94. The Morgan fingerprint density at radius 3 is 2.43 bits per heavy atom. The molecule has 0 saturated heterocycles.